The number of piperidine rings is 1. The summed E-state index contributed by atoms with van der Waals surface area (Å²) in [6.45, 7) is 3.82. The number of ether oxygens (including phenoxy) is 1. The van der Waals surface area contributed by atoms with Gasteiger partial charge in [0.2, 0.25) is 5.91 Å². The van der Waals surface area contributed by atoms with E-state index < -0.39 is 0 Å². The number of anilines is 2. The Kier molecular flexibility index (Phi) is 6.48. The molecule has 6 heteroatoms. The lowest BCUT2D eigenvalue weighted by molar-refractivity contribution is -0.115. The van der Waals surface area contributed by atoms with Crippen molar-refractivity contribution < 1.29 is 9.53 Å². The molecule has 0 atom stereocenters. The highest BCUT2D eigenvalue weighted by atomic mass is 16.5. The molecule has 1 amide bonds. The number of amides is 1. The highest BCUT2D eigenvalue weighted by Gasteiger charge is 2.31. The molecule has 1 saturated carbocycles. The van der Waals surface area contributed by atoms with Crippen molar-refractivity contribution in [2.75, 3.05) is 30.4 Å². The highest BCUT2D eigenvalue weighted by molar-refractivity contribution is 5.93. The van der Waals surface area contributed by atoms with Crippen LogP contribution in [0.15, 0.2) is 54.6 Å². The van der Waals surface area contributed by atoms with Gasteiger partial charge in [-0.3, -0.25) is 4.79 Å². The smallest absolute Gasteiger partial charge is 0.229 e. The van der Waals surface area contributed by atoms with E-state index in [4.69, 9.17) is 14.7 Å². The molecule has 3 aromatic rings. The molecule has 0 radical (unpaired) electrons. The number of rotatable bonds is 7. The molecule has 2 aromatic carbocycles. The molecule has 2 fully saturated rings. The Morgan fingerprint density at radius 2 is 1.68 bits per heavy atom. The van der Waals surface area contributed by atoms with Crippen LogP contribution in [-0.2, 0) is 11.2 Å². The van der Waals surface area contributed by atoms with Gasteiger partial charge >= 0.3 is 0 Å². The Labute approximate surface area is 201 Å². The molecule has 6 nitrogen and oxygen atoms in total. The van der Waals surface area contributed by atoms with E-state index in [1.807, 2.05) is 49.4 Å². The summed E-state index contributed by atoms with van der Waals surface area (Å²) < 4.78 is 5.61. The first-order valence-corrected chi connectivity index (χ1v) is 12.2. The van der Waals surface area contributed by atoms with Crippen molar-refractivity contribution >= 4 is 17.4 Å². The van der Waals surface area contributed by atoms with Gasteiger partial charge in [-0.1, -0.05) is 36.4 Å². The summed E-state index contributed by atoms with van der Waals surface area (Å²) >= 11 is 0. The first-order chi connectivity index (χ1) is 16.6. The lowest BCUT2D eigenvalue weighted by Gasteiger charge is -2.35. The van der Waals surface area contributed by atoms with Crippen molar-refractivity contribution in [3.8, 4) is 5.75 Å². The van der Waals surface area contributed by atoms with E-state index in [1.165, 1.54) is 5.56 Å². The number of nitrogens with one attached hydrogen (secondary N) is 1. The Bertz CT molecular complexity index is 1150. The van der Waals surface area contributed by atoms with Crippen LogP contribution in [0.5, 0.6) is 5.75 Å². The lowest BCUT2D eigenvalue weighted by Crippen LogP contribution is -2.35. The average molecular weight is 457 g/mol. The summed E-state index contributed by atoms with van der Waals surface area (Å²) in [7, 11) is 1.74. The van der Waals surface area contributed by atoms with Crippen LogP contribution in [0.2, 0.25) is 0 Å². The van der Waals surface area contributed by atoms with E-state index in [0.717, 1.165) is 73.1 Å². The predicted molar refractivity (Wildman–Crippen MR) is 135 cm³/mol. The van der Waals surface area contributed by atoms with E-state index in [0.29, 0.717) is 11.8 Å². The summed E-state index contributed by atoms with van der Waals surface area (Å²) in [5.41, 5.74) is 3.94. The van der Waals surface area contributed by atoms with Crippen molar-refractivity contribution in [1.29, 1.82) is 0 Å². The monoisotopic (exact) mass is 456 g/mol. The van der Waals surface area contributed by atoms with Gasteiger partial charge in [0.05, 0.1) is 13.5 Å². The molecule has 5 rings (SSSR count). The molecule has 2 heterocycles. The molecule has 176 valence electrons. The average Bonchev–Trinajstić information content (AvgIpc) is 3.71. The second-order valence-electron chi connectivity index (χ2n) is 9.34. The van der Waals surface area contributed by atoms with Crippen LogP contribution in [-0.4, -0.2) is 36.1 Å². The quantitative estimate of drug-likeness (QED) is 0.527. The number of para-hydroxylation sites is 2. The summed E-state index contributed by atoms with van der Waals surface area (Å²) in [5, 5.41) is 3.01. The fourth-order valence-electron chi connectivity index (χ4n) is 4.89. The largest absolute Gasteiger partial charge is 0.496 e. The zero-order valence-corrected chi connectivity index (χ0v) is 20.0. The van der Waals surface area contributed by atoms with Crippen LogP contribution >= 0.6 is 0 Å². The van der Waals surface area contributed by atoms with Crippen molar-refractivity contribution in [1.82, 2.24) is 9.97 Å². The Morgan fingerprint density at radius 1 is 0.971 bits per heavy atom. The minimum absolute atomic E-state index is 0.0396. The third-order valence-corrected chi connectivity index (χ3v) is 6.92. The van der Waals surface area contributed by atoms with E-state index in [9.17, 15) is 4.79 Å². The fourth-order valence-corrected chi connectivity index (χ4v) is 4.89. The molecule has 1 aromatic heterocycles. The molecule has 1 N–H and O–H groups in total. The third kappa shape index (κ3) is 4.91. The normalized spacial score (nSPS) is 16.4. The van der Waals surface area contributed by atoms with Gasteiger partial charge in [-0.25, -0.2) is 9.97 Å². The van der Waals surface area contributed by atoms with E-state index in [2.05, 4.69) is 22.3 Å². The summed E-state index contributed by atoms with van der Waals surface area (Å²) in [6, 6.07) is 17.9. The number of aryl methyl sites for hydroxylation is 1. The predicted octanol–water partition coefficient (Wildman–Crippen LogP) is 5.24. The molecule has 2 aliphatic rings. The molecule has 0 unspecified atom stereocenters. The number of carbonyl (C=O) groups is 1. The maximum absolute atomic E-state index is 12.9. The van der Waals surface area contributed by atoms with E-state index in [1.54, 1.807) is 7.11 Å². The first-order valence-electron chi connectivity index (χ1n) is 12.2. The SMILES string of the molecule is COc1ccccc1C1CCN(c2nc(C3CC3)nc(C)c2CC(=O)Nc2ccccc2)CC1. The van der Waals surface area contributed by atoms with Gasteiger partial charge < -0.3 is 15.0 Å². The number of benzene rings is 2. The van der Waals surface area contributed by atoms with Gasteiger partial charge in [-0.15, -0.1) is 0 Å². The molecule has 1 aliphatic carbocycles. The summed E-state index contributed by atoms with van der Waals surface area (Å²) in [6.07, 6.45) is 4.63. The first kappa shape index (κ1) is 22.4. The summed E-state index contributed by atoms with van der Waals surface area (Å²) in [5.74, 6) is 3.73. The minimum atomic E-state index is -0.0396. The Balaban J connectivity index is 1.36. The number of aromatic nitrogens is 2. The molecular weight excluding hydrogens is 424 g/mol. The number of hydrogen-bond donors (Lipinski definition) is 1. The van der Waals surface area contributed by atoms with Crippen molar-refractivity contribution in [3.05, 3.63) is 77.2 Å². The van der Waals surface area contributed by atoms with Gasteiger partial charge in [0.15, 0.2) is 0 Å². The van der Waals surface area contributed by atoms with E-state index in [-0.39, 0.29) is 12.3 Å². The van der Waals surface area contributed by atoms with Crippen molar-refractivity contribution in [3.63, 3.8) is 0 Å². The topological polar surface area (TPSA) is 67.3 Å². The van der Waals surface area contributed by atoms with Crippen LogP contribution < -0.4 is 15.0 Å². The number of carbonyl (C=O) groups excluding carboxylic acids is 1. The Hall–Kier alpha value is -3.41. The third-order valence-electron chi connectivity index (χ3n) is 6.92. The molecule has 0 spiro atoms. The Morgan fingerprint density at radius 3 is 2.38 bits per heavy atom. The zero-order chi connectivity index (χ0) is 23.5. The molecule has 34 heavy (non-hydrogen) atoms. The van der Waals surface area contributed by atoms with Crippen LogP contribution in [0.25, 0.3) is 0 Å². The van der Waals surface area contributed by atoms with Crippen LogP contribution in [0.1, 0.15) is 60.2 Å². The maximum Gasteiger partial charge on any atom is 0.229 e. The van der Waals surface area contributed by atoms with Crippen molar-refractivity contribution in [2.24, 2.45) is 0 Å². The zero-order valence-electron chi connectivity index (χ0n) is 20.0. The molecule has 1 aliphatic heterocycles. The maximum atomic E-state index is 12.9. The molecule has 1 saturated heterocycles. The number of hydrogen-bond acceptors (Lipinski definition) is 5. The molecular formula is C28H32N4O2. The second kappa shape index (κ2) is 9.84. The van der Waals surface area contributed by atoms with Crippen LogP contribution in [0.4, 0.5) is 11.5 Å². The minimum Gasteiger partial charge on any atom is -0.496 e. The highest BCUT2D eigenvalue weighted by Crippen LogP contribution is 2.40. The second-order valence-corrected chi connectivity index (χ2v) is 9.34. The van der Waals surface area contributed by atoms with Gasteiger partial charge in [-0.05, 0) is 62.3 Å². The number of methoxy groups -OCH3 is 1. The van der Waals surface area contributed by atoms with Crippen LogP contribution in [0, 0.1) is 6.92 Å². The summed E-state index contributed by atoms with van der Waals surface area (Å²) in [4.78, 5) is 25.1. The van der Waals surface area contributed by atoms with E-state index >= 15 is 0 Å². The standard InChI is InChI=1S/C28H32N4O2/c1-19-24(18-26(33)30-22-8-4-3-5-9-22)28(31-27(29-19)21-12-13-21)32-16-14-20(15-17-32)23-10-6-7-11-25(23)34-2/h3-11,20-21H,12-18H2,1-2H3,(H,30,33). The fraction of sp³-hybridized carbons (Fsp3) is 0.393. The van der Waals surface area contributed by atoms with Crippen LogP contribution in [0.3, 0.4) is 0 Å². The van der Waals surface area contributed by atoms with Gasteiger partial charge in [-0.2, -0.15) is 0 Å². The van der Waals surface area contributed by atoms with Gasteiger partial charge in [0.25, 0.3) is 0 Å². The molecule has 0 bridgehead atoms. The van der Waals surface area contributed by atoms with Crippen molar-refractivity contribution in [2.45, 2.75) is 50.9 Å². The lowest BCUT2D eigenvalue weighted by atomic mass is 9.88. The van der Waals surface area contributed by atoms with Gasteiger partial charge in [0.1, 0.15) is 17.4 Å². The number of nitrogens with zero attached hydrogens (tertiary/aromatic N) is 3. The van der Waals surface area contributed by atoms with Gasteiger partial charge in [0, 0.05) is 36.0 Å².